The molecule has 1 saturated carbocycles. The molecule has 2 aliphatic heterocycles. The van der Waals surface area contributed by atoms with Crippen LogP contribution in [0.5, 0.6) is 5.75 Å². The first-order chi connectivity index (χ1) is 20.8. The molecule has 2 bridgehead atoms. The standard InChI is InChI=1S/C31H29F2N7O3/c1-4-24(41)38-11-12-39(22-15-21(22)38)29-17-14-19(33)27-25-18(32)6-5-7-20(25)34-10-13-43-23-8-9-35-26(16(2)3)28(23)40(30(17)36-27)31(42)37-29/h4-9,14,16,21-22,34H,1,10-13,15H2,2-3H3/t21-,22+/m1/s1. The Morgan fingerprint density at radius 1 is 1.16 bits per heavy atom. The number of nitrogens with one attached hydrogen (secondary N) is 1. The van der Waals surface area contributed by atoms with Gasteiger partial charge in [-0.3, -0.25) is 9.78 Å². The fraction of sp³-hybridized carbons (Fsp3) is 0.323. The zero-order chi connectivity index (χ0) is 30.0. The first-order valence-electron chi connectivity index (χ1n) is 14.3. The van der Waals surface area contributed by atoms with E-state index in [2.05, 4.69) is 26.8 Å². The molecule has 1 amide bonds. The van der Waals surface area contributed by atoms with E-state index in [1.165, 1.54) is 28.8 Å². The molecule has 10 nitrogen and oxygen atoms in total. The Hall–Kier alpha value is -4.87. The highest BCUT2D eigenvalue weighted by Crippen LogP contribution is 2.42. The lowest BCUT2D eigenvalue weighted by atomic mass is 10.1. The quantitative estimate of drug-likeness (QED) is 0.360. The van der Waals surface area contributed by atoms with E-state index in [0.29, 0.717) is 42.3 Å². The summed E-state index contributed by atoms with van der Waals surface area (Å²) in [7, 11) is 0. The second kappa shape index (κ2) is 10.1. The summed E-state index contributed by atoms with van der Waals surface area (Å²) in [4.78, 5) is 43.9. The molecular weight excluding hydrogens is 556 g/mol. The molecule has 2 atom stereocenters. The smallest absolute Gasteiger partial charge is 0.356 e. The zero-order valence-electron chi connectivity index (χ0n) is 23.7. The predicted molar refractivity (Wildman–Crippen MR) is 158 cm³/mol. The number of piperazine rings is 1. The van der Waals surface area contributed by atoms with Gasteiger partial charge >= 0.3 is 5.69 Å². The third-order valence-corrected chi connectivity index (χ3v) is 8.25. The van der Waals surface area contributed by atoms with Crippen molar-refractivity contribution in [2.24, 2.45) is 0 Å². The lowest BCUT2D eigenvalue weighted by molar-refractivity contribution is -0.126. The number of halogens is 2. The zero-order valence-corrected chi connectivity index (χ0v) is 23.7. The third kappa shape index (κ3) is 4.31. The number of benzene rings is 1. The molecule has 0 radical (unpaired) electrons. The van der Waals surface area contributed by atoms with Crippen LogP contribution < -0.4 is 20.6 Å². The lowest BCUT2D eigenvalue weighted by Gasteiger charge is -2.35. The maximum absolute atomic E-state index is 16.1. The van der Waals surface area contributed by atoms with Crippen molar-refractivity contribution in [3.05, 3.63) is 77.0 Å². The molecular formula is C31H29F2N7O3. The summed E-state index contributed by atoms with van der Waals surface area (Å²) < 4.78 is 38.9. The van der Waals surface area contributed by atoms with Gasteiger partial charge in [-0.1, -0.05) is 26.5 Å². The van der Waals surface area contributed by atoms with Gasteiger partial charge in [-0.05, 0) is 36.6 Å². The number of ether oxygens (including phenoxy) is 1. The van der Waals surface area contributed by atoms with E-state index in [0.717, 1.165) is 0 Å². The normalized spacial score (nSPS) is 19.0. The molecule has 1 aromatic carbocycles. The predicted octanol–water partition coefficient (Wildman–Crippen LogP) is 4.02. The van der Waals surface area contributed by atoms with Crippen LogP contribution in [0.4, 0.5) is 20.3 Å². The van der Waals surface area contributed by atoms with Gasteiger partial charge < -0.3 is 19.9 Å². The first-order valence-corrected chi connectivity index (χ1v) is 14.3. The molecule has 2 fully saturated rings. The summed E-state index contributed by atoms with van der Waals surface area (Å²) in [5.41, 5.74) is 0.437. The Balaban J connectivity index is 1.53. The Morgan fingerprint density at radius 3 is 2.79 bits per heavy atom. The third-order valence-electron chi connectivity index (χ3n) is 8.25. The van der Waals surface area contributed by atoms with Crippen LogP contribution in [0.2, 0.25) is 0 Å². The second-order valence-corrected chi connectivity index (χ2v) is 11.2. The Labute approximate surface area is 245 Å². The van der Waals surface area contributed by atoms with Crippen molar-refractivity contribution in [3.63, 3.8) is 0 Å². The number of fused-ring (bicyclic) bond motifs is 6. The van der Waals surface area contributed by atoms with Crippen LogP contribution in [-0.4, -0.2) is 68.7 Å². The summed E-state index contributed by atoms with van der Waals surface area (Å²) in [6, 6.07) is 7.20. The monoisotopic (exact) mass is 585 g/mol. The van der Waals surface area contributed by atoms with Gasteiger partial charge in [0, 0.05) is 37.6 Å². The first kappa shape index (κ1) is 27.0. The Morgan fingerprint density at radius 2 is 2.00 bits per heavy atom. The Bertz CT molecular complexity index is 1870. The number of pyridine rings is 2. The van der Waals surface area contributed by atoms with Crippen LogP contribution in [0, 0.1) is 11.6 Å². The minimum atomic E-state index is -0.759. The molecule has 1 N–H and O–H groups in total. The van der Waals surface area contributed by atoms with Gasteiger partial charge in [0.1, 0.15) is 35.4 Å². The Kier molecular flexibility index (Phi) is 6.37. The van der Waals surface area contributed by atoms with E-state index >= 15 is 8.78 Å². The number of nitrogens with zero attached hydrogens (tertiary/aromatic N) is 6. The van der Waals surface area contributed by atoms with E-state index in [4.69, 9.17) is 4.74 Å². The summed E-state index contributed by atoms with van der Waals surface area (Å²) in [5.74, 6) is -1.03. The summed E-state index contributed by atoms with van der Waals surface area (Å²) in [5, 5.41) is 3.42. The van der Waals surface area contributed by atoms with Crippen LogP contribution in [-0.2, 0) is 4.79 Å². The molecule has 3 aromatic heterocycles. The maximum atomic E-state index is 16.1. The van der Waals surface area contributed by atoms with Crippen molar-refractivity contribution in [3.8, 4) is 22.7 Å². The molecule has 12 heteroatoms. The van der Waals surface area contributed by atoms with E-state index < -0.39 is 17.3 Å². The van der Waals surface area contributed by atoms with Gasteiger partial charge in [-0.15, -0.1) is 0 Å². The van der Waals surface area contributed by atoms with Crippen molar-refractivity contribution in [2.75, 3.05) is 36.5 Å². The molecule has 43 heavy (non-hydrogen) atoms. The molecule has 0 spiro atoms. The number of anilines is 2. The van der Waals surface area contributed by atoms with Gasteiger partial charge in [0.25, 0.3) is 0 Å². The number of carbonyl (C=O) groups is 1. The second-order valence-electron chi connectivity index (χ2n) is 11.2. The lowest BCUT2D eigenvalue weighted by Crippen LogP contribution is -2.49. The van der Waals surface area contributed by atoms with Crippen LogP contribution in [0.25, 0.3) is 28.0 Å². The van der Waals surface area contributed by atoms with Crippen LogP contribution in [0.3, 0.4) is 0 Å². The number of amides is 1. The minimum Gasteiger partial charge on any atom is -0.489 e. The van der Waals surface area contributed by atoms with Gasteiger partial charge in [0.15, 0.2) is 11.5 Å². The summed E-state index contributed by atoms with van der Waals surface area (Å²) in [6.07, 6.45) is 3.59. The topological polar surface area (TPSA) is 105 Å². The van der Waals surface area contributed by atoms with E-state index in [1.807, 2.05) is 18.7 Å². The van der Waals surface area contributed by atoms with Crippen LogP contribution in [0.15, 0.2) is 54.0 Å². The number of hydrogen-bond acceptors (Lipinski definition) is 8. The molecule has 3 aliphatic rings. The number of aromatic nitrogens is 4. The van der Waals surface area contributed by atoms with E-state index in [-0.39, 0.29) is 65.2 Å². The van der Waals surface area contributed by atoms with Crippen LogP contribution in [0.1, 0.15) is 31.9 Å². The van der Waals surface area contributed by atoms with Crippen molar-refractivity contribution in [1.29, 1.82) is 0 Å². The van der Waals surface area contributed by atoms with Gasteiger partial charge in [0.05, 0.1) is 28.7 Å². The minimum absolute atomic E-state index is 0.0471. The molecule has 0 unspecified atom stereocenters. The average Bonchev–Trinajstić information content (AvgIpc) is 3.79. The van der Waals surface area contributed by atoms with Crippen molar-refractivity contribution < 1.29 is 18.3 Å². The van der Waals surface area contributed by atoms with Crippen LogP contribution >= 0.6 is 0 Å². The molecule has 7 rings (SSSR count). The largest absolute Gasteiger partial charge is 0.489 e. The van der Waals surface area contributed by atoms with Gasteiger partial charge in [-0.2, -0.15) is 4.98 Å². The van der Waals surface area contributed by atoms with Gasteiger partial charge in [0.2, 0.25) is 5.91 Å². The highest BCUT2D eigenvalue weighted by atomic mass is 19.1. The fourth-order valence-electron chi connectivity index (χ4n) is 6.22. The SMILES string of the molecule is C=CC(=O)N1CCN(c2nc(=O)n3c4nc(c(F)cc24)-c2c(F)cccc2NCCOc2ccnc(C(C)C)c2-3)[C@H]2C[C@H]21. The molecule has 1 aliphatic carbocycles. The van der Waals surface area contributed by atoms with E-state index in [9.17, 15) is 9.59 Å². The maximum Gasteiger partial charge on any atom is 0.356 e. The average molecular weight is 586 g/mol. The molecule has 4 aromatic rings. The highest BCUT2D eigenvalue weighted by molar-refractivity contribution is 5.93. The fourth-order valence-corrected chi connectivity index (χ4v) is 6.22. The summed E-state index contributed by atoms with van der Waals surface area (Å²) >= 11 is 0. The summed E-state index contributed by atoms with van der Waals surface area (Å²) in [6.45, 7) is 8.72. The molecule has 220 valence electrons. The van der Waals surface area contributed by atoms with Crippen molar-refractivity contribution in [1.82, 2.24) is 24.4 Å². The highest BCUT2D eigenvalue weighted by Gasteiger charge is 2.51. The van der Waals surface area contributed by atoms with Crippen molar-refractivity contribution >= 4 is 28.4 Å². The van der Waals surface area contributed by atoms with E-state index in [1.54, 1.807) is 23.2 Å². The molecule has 5 heterocycles. The molecule has 1 saturated heterocycles. The number of carbonyl (C=O) groups excluding carboxylic acids is 1. The number of hydrogen-bond donors (Lipinski definition) is 1. The van der Waals surface area contributed by atoms with Crippen molar-refractivity contribution in [2.45, 2.75) is 38.3 Å². The number of rotatable bonds is 3. The van der Waals surface area contributed by atoms with Gasteiger partial charge in [-0.25, -0.2) is 23.1 Å².